The van der Waals surface area contributed by atoms with E-state index in [0.29, 0.717) is 16.9 Å². The third-order valence-corrected chi connectivity index (χ3v) is 4.76. The number of rotatable bonds is 3. The smallest absolute Gasteiger partial charge is 0.324 e. The lowest BCUT2D eigenvalue weighted by atomic mass is 10.2. The maximum atomic E-state index is 6.04. The Morgan fingerprint density at radius 1 is 1.00 bits per heavy atom. The second-order valence-corrected chi connectivity index (χ2v) is 6.65. The zero-order valence-electron chi connectivity index (χ0n) is 14.2. The number of halogens is 1. The van der Waals surface area contributed by atoms with E-state index in [1.807, 2.05) is 36.4 Å². The van der Waals surface area contributed by atoms with E-state index in [9.17, 15) is 0 Å². The lowest BCUT2D eigenvalue weighted by molar-refractivity contribution is 0.409. The van der Waals surface area contributed by atoms with Crippen LogP contribution in [0.15, 0.2) is 47.2 Å². The highest BCUT2D eigenvalue weighted by atomic mass is 35.5. The van der Waals surface area contributed by atoms with Gasteiger partial charge in [0.2, 0.25) is 5.82 Å². The molecule has 136 valence electrons. The molecule has 0 atom stereocenters. The van der Waals surface area contributed by atoms with Crippen molar-refractivity contribution in [1.29, 1.82) is 0 Å². The SMILES string of the molecule is Clc1cccc(-c2noc(N3CCN(c4ccc5nncn5n4)CC3)n2)c1. The molecule has 0 radical (unpaired) electrons. The van der Waals surface area contributed by atoms with Gasteiger partial charge in [0.15, 0.2) is 5.65 Å². The third kappa shape index (κ3) is 3.06. The highest BCUT2D eigenvalue weighted by molar-refractivity contribution is 6.30. The predicted molar refractivity (Wildman–Crippen MR) is 100.0 cm³/mol. The standard InChI is InChI=1S/C17H15ClN8O/c18-13-3-1-2-12(10-13)16-20-17(27-23-16)25-8-6-24(7-9-25)15-5-4-14-21-19-11-26(14)22-15/h1-5,10-11H,6-9H2. The Bertz CT molecular complexity index is 1090. The van der Waals surface area contributed by atoms with Crippen LogP contribution >= 0.6 is 11.6 Å². The van der Waals surface area contributed by atoms with E-state index in [0.717, 1.165) is 43.2 Å². The van der Waals surface area contributed by atoms with Gasteiger partial charge in [0.25, 0.3) is 0 Å². The first-order valence-electron chi connectivity index (χ1n) is 8.53. The first kappa shape index (κ1) is 16.0. The zero-order valence-corrected chi connectivity index (χ0v) is 15.0. The summed E-state index contributed by atoms with van der Waals surface area (Å²) in [6.07, 6.45) is 1.60. The first-order chi connectivity index (χ1) is 13.3. The van der Waals surface area contributed by atoms with E-state index in [1.54, 1.807) is 10.8 Å². The predicted octanol–water partition coefficient (Wildman–Crippen LogP) is 2.15. The second-order valence-electron chi connectivity index (χ2n) is 6.21. The molecule has 0 bridgehead atoms. The number of aromatic nitrogens is 6. The Hall–Kier alpha value is -3.20. The molecule has 10 heteroatoms. The lowest BCUT2D eigenvalue weighted by Gasteiger charge is -2.34. The van der Waals surface area contributed by atoms with Crippen LogP contribution in [0.2, 0.25) is 5.02 Å². The Balaban J connectivity index is 1.29. The summed E-state index contributed by atoms with van der Waals surface area (Å²) in [7, 11) is 0. The number of piperazine rings is 1. The summed E-state index contributed by atoms with van der Waals surface area (Å²) >= 11 is 6.04. The van der Waals surface area contributed by atoms with Crippen molar-refractivity contribution in [2.24, 2.45) is 0 Å². The molecule has 0 saturated carbocycles. The van der Waals surface area contributed by atoms with Crippen LogP contribution in [0, 0.1) is 0 Å². The van der Waals surface area contributed by atoms with Crippen LogP contribution < -0.4 is 9.80 Å². The van der Waals surface area contributed by atoms with Crippen LogP contribution in [0.4, 0.5) is 11.8 Å². The molecule has 0 N–H and O–H groups in total. The van der Waals surface area contributed by atoms with Gasteiger partial charge < -0.3 is 14.3 Å². The summed E-state index contributed by atoms with van der Waals surface area (Å²) in [4.78, 5) is 8.80. The minimum absolute atomic E-state index is 0.520. The topological polar surface area (TPSA) is 88.5 Å². The van der Waals surface area contributed by atoms with E-state index in [1.165, 1.54) is 0 Å². The maximum Gasteiger partial charge on any atom is 0.324 e. The van der Waals surface area contributed by atoms with Crippen LogP contribution in [0.1, 0.15) is 0 Å². The third-order valence-electron chi connectivity index (χ3n) is 4.52. The van der Waals surface area contributed by atoms with Crippen molar-refractivity contribution in [3.8, 4) is 11.4 Å². The van der Waals surface area contributed by atoms with Gasteiger partial charge in [0, 0.05) is 36.8 Å². The largest absolute Gasteiger partial charge is 0.352 e. The van der Waals surface area contributed by atoms with Crippen molar-refractivity contribution in [2.45, 2.75) is 0 Å². The van der Waals surface area contributed by atoms with Crippen LogP contribution in [-0.4, -0.2) is 56.1 Å². The number of fused-ring (bicyclic) bond motifs is 1. The molecular weight excluding hydrogens is 368 g/mol. The number of anilines is 2. The molecule has 0 amide bonds. The van der Waals surface area contributed by atoms with Crippen molar-refractivity contribution >= 4 is 29.1 Å². The van der Waals surface area contributed by atoms with Crippen LogP contribution in [0.5, 0.6) is 0 Å². The Morgan fingerprint density at radius 3 is 2.70 bits per heavy atom. The molecule has 1 saturated heterocycles. The van der Waals surface area contributed by atoms with Gasteiger partial charge in [-0.15, -0.1) is 15.3 Å². The molecule has 1 aliphatic rings. The summed E-state index contributed by atoms with van der Waals surface area (Å²) in [6, 6.07) is 11.8. The quantitative estimate of drug-likeness (QED) is 0.532. The number of hydrogen-bond acceptors (Lipinski definition) is 8. The second kappa shape index (κ2) is 6.51. The lowest BCUT2D eigenvalue weighted by Crippen LogP contribution is -2.47. The Kier molecular flexibility index (Phi) is 3.86. The fraction of sp³-hybridized carbons (Fsp3) is 0.235. The van der Waals surface area contributed by atoms with Gasteiger partial charge in [-0.25, -0.2) is 0 Å². The van der Waals surface area contributed by atoms with Crippen molar-refractivity contribution in [3.63, 3.8) is 0 Å². The van der Waals surface area contributed by atoms with E-state index in [2.05, 4.69) is 35.2 Å². The molecule has 4 aromatic rings. The van der Waals surface area contributed by atoms with Gasteiger partial charge in [-0.05, 0) is 24.3 Å². The molecule has 5 rings (SSSR count). The van der Waals surface area contributed by atoms with Gasteiger partial charge in [0.05, 0.1) is 0 Å². The maximum absolute atomic E-state index is 6.04. The number of nitrogens with zero attached hydrogens (tertiary/aromatic N) is 8. The molecule has 0 unspecified atom stereocenters. The molecule has 4 heterocycles. The van der Waals surface area contributed by atoms with Crippen LogP contribution in [0.25, 0.3) is 17.0 Å². The van der Waals surface area contributed by atoms with Crippen molar-refractivity contribution in [3.05, 3.63) is 47.7 Å². The minimum atomic E-state index is 0.520. The molecule has 1 fully saturated rings. The summed E-state index contributed by atoms with van der Waals surface area (Å²) in [5.74, 6) is 1.43. The number of benzene rings is 1. The van der Waals surface area contributed by atoms with Crippen molar-refractivity contribution in [2.75, 3.05) is 36.0 Å². The fourth-order valence-electron chi connectivity index (χ4n) is 3.10. The normalized spacial score (nSPS) is 14.9. The average Bonchev–Trinajstić information content (AvgIpc) is 3.37. The van der Waals surface area contributed by atoms with E-state index in [4.69, 9.17) is 16.1 Å². The zero-order chi connectivity index (χ0) is 18.2. The summed E-state index contributed by atoms with van der Waals surface area (Å²) in [5.41, 5.74) is 1.57. The molecule has 0 spiro atoms. The van der Waals surface area contributed by atoms with E-state index >= 15 is 0 Å². The van der Waals surface area contributed by atoms with Crippen LogP contribution in [-0.2, 0) is 0 Å². The summed E-state index contributed by atoms with van der Waals surface area (Å²) in [5, 5.41) is 17.1. The molecule has 27 heavy (non-hydrogen) atoms. The highest BCUT2D eigenvalue weighted by Gasteiger charge is 2.23. The minimum Gasteiger partial charge on any atom is -0.352 e. The molecule has 1 aliphatic heterocycles. The summed E-state index contributed by atoms with van der Waals surface area (Å²) in [6.45, 7) is 3.13. The summed E-state index contributed by atoms with van der Waals surface area (Å²) < 4.78 is 7.13. The Morgan fingerprint density at radius 2 is 1.85 bits per heavy atom. The first-order valence-corrected chi connectivity index (χ1v) is 8.91. The molecular formula is C17H15ClN8O. The molecule has 3 aromatic heterocycles. The van der Waals surface area contributed by atoms with Gasteiger partial charge in [-0.2, -0.15) is 9.50 Å². The van der Waals surface area contributed by atoms with Gasteiger partial charge >= 0.3 is 6.01 Å². The Labute approximate surface area is 159 Å². The van der Waals surface area contributed by atoms with Crippen molar-refractivity contribution < 1.29 is 4.52 Å². The van der Waals surface area contributed by atoms with Crippen molar-refractivity contribution in [1.82, 2.24) is 30.0 Å². The number of hydrogen-bond donors (Lipinski definition) is 0. The molecule has 9 nitrogen and oxygen atoms in total. The van der Waals surface area contributed by atoms with E-state index in [-0.39, 0.29) is 0 Å². The highest BCUT2D eigenvalue weighted by Crippen LogP contribution is 2.24. The fourth-order valence-corrected chi connectivity index (χ4v) is 3.29. The van der Waals surface area contributed by atoms with Gasteiger partial charge in [0.1, 0.15) is 12.1 Å². The molecule has 0 aliphatic carbocycles. The van der Waals surface area contributed by atoms with E-state index < -0.39 is 0 Å². The van der Waals surface area contributed by atoms with Gasteiger partial charge in [-0.3, -0.25) is 0 Å². The van der Waals surface area contributed by atoms with Gasteiger partial charge in [-0.1, -0.05) is 28.9 Å². The van der Waals surface area contributed by atoms with Crippen LogP contribution in [0.3, 0.4) is 0 Å². The monoisotopic (exact) mass is 382 g/mol. The average molecular weight is 383 g/mol. The molecule has 1 aromatic carbocycles.